The second-order valence-electron chi connectivity index (χ2n) is 10.6. The van der Waals surface area contributed by atoms with Crippen molar-refractivity contribution >= 4 is 51.7 Å². The monoisotopic (exact) mass is 627 g/mol. The van der Waals surface area contributed by atoms with Gasteiger partial charge in [-0.2, -0.15) is 0 Å². The third-order valence-electron chi connectivity index (χ3n) is 7.91. The summed E-state index contributed by atoms with van der Waals surface area (Å²) in [6, 6.07) is 19.0. The molecule has 0 saturated carbocycles. The number of benzene rings is 2. The third-order valence-corrected chi connectivity index (χ3v) is 9.29. The number of thiocarbonyl (C=S) groups is 1. The first kappa shape index (κ1) is 28.4. The highest BCUT2D eigenvalue weighted by Crippen LogP contribution is 2.35. The van der Waals surface area contributed by atoms with E-state index in [1.165, 1.54) is 16.2 Å². The van der Waals surface area contributed by atoms with Gasteiger partial charge in [0.1, 0.15) is 21.5 Å². The van der Waals surface area contributed by atoms with Crippen molar-refractivity contribution in [3.8, 4) is 17.2 Å². The van der Waals surface area contributed by atoms with Crippen LogP contribution in [-0.2, 0) is 17.9 Å². The lowest BCUT2D eigenvalue weighted by molar-refractivity contribution is -0.122. The first-order valence-corrected chi connectivity index (χ1v) is 15.4. The largest absolute Gasteiger partial charge is 0.497 e. The number of hydrogen-bond donors (Lipinski definition) is 0. The van der Waals surface area contributed by atoms with E-state index in [0.717, 1.165) is 48.0 Å². The molecule has 3 aliphatic heterocycles. The molecule has 2 aromatic heterocycles. The molecule has 0 radical (unpaired) electrons. The fourth-order valence-electron chi connectivity index (χ4n) is 5.55. The number of amides is 1. The average Bonchev–Trinajstić information content (AvgIpc) is 3.62. The van der Waals surface area contributed by atoms with Crippen LogP contribution in [0.4, 0.5) is 5.82 Å². The van der Waals surface area contributed by atoms with Gasteiger partial charge in [-0.25, -0.2) is 4.98 Å². The zero-order valence-electron chi connectivity index (χ0n) is 24.0. The lowest BCUT2D eigenvalue weighted by atomic mass is 10.1. The van der Waals surface area contributed by atoms with Crippen molar-refractivity contribution in [2.45, 2.75) is 13.1 Å². The summed E-state index contributed by atoms with van der Waals surface area (Å²) in [5.41, 5.74) is 2.79. The predicted molar refractivity (Wildman–Crippen MR) is 173 cm³/mol. The van der Waals surface area contributed by atoms with E-state index in [1.807, 2.05) is 48.5 Å². The molecule has 2 saturated heterocycles. The highest BCUT2D eigenvalue weighted by molar-refractivity contribution is 8.26. The molecule has 5 heterocycles. The minimum absolute atomic E-state index is 0.228. The lowest BCUT2D eigenvalue weighted by Crippen LogP contribution is -2.47. The van der Waals surface area contributed by atoms with Gasteiger partial charge in [-0.1, -0.05) is 48.2 Å². The average molecular weight is 628 g/mol. The van der Waals surface area contributed by atoms with Crippen LogP contribution < -0.4 is 24.7 Å². The van der Waals surface area contributed by atoms with E-state index in [-0.39, 0.29) is 18.3 Å². The number of pyridine rings is 1. The fraction of sp³-hybridized carbons (Fsp3) is 0.250. The molecule has 2 fully saturated rings. The molecule has 7 rings (SSSR count). The molecule has 0 bridgehead atoms. The van der Waals surface area contributed by atoms with Crippen molar-refractivity contribution < 1.29 is 19.0 Å². The third kappa shape index (κ3) is 5.51. The molecule has 10 nitrogen and oxygen atoms in total. The number of nitrogens with zero attached hydrogens (tertiary/aromatic N) is 5. The van der Waals surface area contributed by atoms with Gasteiger partial charge in [0.25, 0.3) is 11.5 Å². The van der Waals surface area contributed by atoms with Gasteiger partial charge in [0.15, 0.2) is 11.5 Å². The van der Waals surface area contributed by atoms with E-state index >= 15 is 0 Å². The Morgan fingerprint density at radius 1 is 0.955 bits per heavy atom. The summed E-state index contributed by atoms with van der Waals surface area (Å²) >= 11 is 6.80. The first-order chi connectivity index (χ1) is 21.5. The van der Waals surface area contributed by atoms with Crippen LogP contribution in [0.2, 0.25) is 0 Å². The summed E-state index contributed by atoms with van der Waals surface area (Å²) in [5.74, 6) is 2.64. The Morgan fingerprint density at radius 2 is 1.73 bits per heavy atom. The molecule has 4 aromatic rings. The van der Waals surface area contributed by atoms with Crippen LogP contribution in [0.5, 0.6) is 17.2 Å². The summed E-state index contributed by atoms with van der Waals surface area (Å²) in [6.45, 7) is 4.30. The Balaban J connectivity index is 1.14. The number of thioether (sulfide) groups is 1. The van der Waals surface area contributed by atoms with E-state index in [0.29, 0.717) is 45.9 Å². The normalized spacial score (nSPS) is 17.7. The number of ether oxygens (including phenoxy) is 3. The molecule has 12 heteroatoms. The minimum atomic E-state index is -0.229. The minimum Gasteiger partial charge on any atom is -0.497 e. The molecule has 1 amide bonds. The van der Waals surface area contributed by atoms with Gasteiger partial charge in [0, 0.05) is 38.9 Å². The summed E-state index contributed by atoms with van der Waals surface area (Å²) in [7, 11) is 1.61. The molecule has 2 aromatic carbocycles. The van der Waals surface area contributed by atoms with Crippen LogP contribution in [-0.4, -0.2) is 69.5 Å². The van der Waals surface area contributed by atoms with E-state index in [4.69, 9.17) is 31.4 Å². The standard InChI is InChI=1S/C32H29N5O5S2/c1-40-23-8-5-21(6-9-23)19-37-31(39)27(44-32(37)43)17-24-29(33-28-4-2-3-11-36(28)30(24)38)35-14-12-34(13-15-35)18-22-7-10-25-26(16-22)42-20-41-25/h2-11,16-17H,12-15,18-20H2,1H3. The summed E-state index contributed by atoms with van der Waals surface area (Å²) in [6.07, 6.45) is 3.36. The Morgan fingerprint density at radius 3 is 2.52 bits per heavy atom. The molecular weight excluding hydrogens is 599 g/mol. The maximum Gasteiger partial charge on any atom is 0.267 e. The van der Waals surface area contributed by atoms with Crippen molar-refractivity contribution in [1.29, 1.82) is 0 Å². The second-order valence-corrected chi connectivity index (χ2v) is 12.3. The van der Waals surface area contributed by atoms with Crippen molar-refractivity contribution in [2.24, 2.45) is 0 Å². The zero-order chi connectivity index (χ0) is 30.2. The number of fused-ring (bicyclic) bond motifs is 2. The van der Waals surface area contributed by atoms with Gasteiger partial charge in [-0.15, -0.1) is 0 Å². The van der Waals surface area contributed by atoms with Crippen LogP contribution in [0.25, 0.3) is 11.7 Å². The van der Waals surface area contributed by atoms with Crippen LogP contribution >= 0.6 is 24.0 Å². The Kier molecular flexibility index (Phi) is 7.71. The molecule has 44 heavy (non-hydrogen) atoms. The second kappa shape index (κ2) is 11.9. The van der Waals surface area contributed by atoms with Crippen LogP contribution in [0.3, 0.4) is 0 Å². The molecule has 0 unspecified atom stereocenters. The fourth-order valence-corrected chi connectivity index (χ4v) is 6.79. The summed E-state index contributed by atoms with van der Waals surface area (Å²) in [5, 5.41) is 0. The Bertz CT molecular complexity index is 1850. The summed E-state index contributed by atoms with van der Waals surface area (Å²) in [4.78, 5) is 38.8. The Labute approximate surface area is 263 Å². The maximum absolute atomic E-state index is 13.8. The molecule has 3 aliphatic rings. The number of anilines is 1. The van der Waals surface area contributed by atoms with Crippen molar-refractivity contribution in [1.82, 2.24) is 19.2 Å². The van der Waals surface area contributed by atoms with Crippen molar-refractivity contribution in [2.75, 3.05) is 45.0 Å². The number of methoxy groups -OCH3 is 1. The number of hydrogen-bond acceptors (Lipinski definition) is 10. The Hall–Kier alpha value is -4.39. The van der Waals surface area contributed by atoms with Crippen molar-refractivity contribution in [3.63, 3.8) is 0 Å². The quantitative estimate of drug-likeness (QED) is 0.220. The van der Waals surface area contributed by atoms with Crippen LogP contribution in [0, 0.1) is 0 Å². The number of piperazine rings is 1. The van der Waals surface area contributed by atoms with Gasteiger partial charge < -0.3 is 19.1 Å². The first-order valence-electron chi connectivity index (χ1n) is 14.2. The van der Waals surface area contributed by atoms with Gasteiger partial charge in [-0.3, -0.25) is 23.8 Å². The summed E-state index contributed by atoms with van der Waals surface area (Å²) < 4.78 is 18.2. The molecule has 224 valence electrons. The highest BCUT2D eigenvalue weighted by atomic mass is 32.2. The van der Waals surface area contributed by atoms with Crippen LogP contribution in [0.1, 0.15) is 16.7 Å². The molecule has 0 spiro atoms. The topological polar surface area (TPSA) is 88.8 Å². The van der Waals surface area contributed by atoms with Gasteiger partial charge in [0.05, 0.1) is 24.1 Å². The number of rotatable bonds is 7. The van der Waals surface area contributed by atoms with E-state index < -0.39 is 0 Å². The molecule has 0 N–H and O–H groups in total. The number of carbonyl (C=O) groups is 1. The molecule has 0 aliphatic carbocycles. The van der Waals surface area contributed by atoms with Crippen molar-refractivity contribution in [3.05, 3.63) is 98.8 Å². The zero-order valence-corrected chi connectivity index (χ0v) is 25.6. The number of carbonyl (C=O) groups excluding carboxylic acids is 1. The predicted octanol–water partition coefficient (Wildman–Crippen LogP) is 4.16. The number of aromatic nitrogens is 2. The van der Waals surface area contributed by atoms with Gasteiger partial charge in [0.2, 0.25) is 6.79 Å². The molecule has 0 atom stereocenters. The highest BCUT2D eigenvalue weighted by Gasteiger charge is 2.33. The maximum atomic E-state index is 13.8. The molecular formula is C32H29N5O5S2. The van der Waals surface area contributed by atoms with Gasteiger partial charge >= 0.3 is 0 Å². The van der Waals surface area contributed by atoms with E-state index in [9.17, 15) is 9.59 Å². The van der Waals surface area contributed by atoms with Crippen LogP contribution in [0.15, 0.2) is 76.6 Å². The SMILES string of the molecule is COc1ccc(CN2C(=O)C(=Cc3c(N4CCN(Cc5ccc6c(c5)OCO6)CC4)nc4ccccn4c3=O)SC2=S)cc1. The van der Waals surface area contributed by atoms with E-state index in [2.05, 4.69) is 15.9 Å². The smallest absolute Gasteiger partial charge is 0.267 e. The van der Waals surface area contributed by atoms with Gasteiger partial charge in [-0.05, 0) is 53.6 Å². The van der Waals surface area contributed by atoms with E-state index in [1.54, 1.807) is 30.3 Å². The lowest BCUT2D eigenvalue weighted by Gasteiger charge is -2.36.